The van der Waals surface area contributed by atoms with Crippen molar-refractivity contribution >= 4 is 10.0 Å². The van der Waals surface area contributed by atoms with Gasteiger partial charge in [0.25, 0.3) is 0 Å². The van der Waals surface area contributed by atoms with Gasteiger partial charge in [-0.05, 0) is 26.7 Å². The Morgan fingerprint density at radius 2 is 2.08 bits per heavy atom. The Kier molecular flexibility index (Phi) is 3.70. The maximum absolute atomic E-state index is 12.7. The zero-order valence-electron chi connectivity index (χ0n) is 13.5. The first-order valence-electron chi connectivity index (χ1n) is 7.92. The van der Waals surface area contributed by atoms with Crippen molar-refractivity contribution in [2.24, 2.45) is 0 Å². The molecule has 0 aromatic carbocycles. The van der Waals surface area contributed by atoms with Crippen LogP contribution in [0, 0.1) is 13.8 Å². The smallest absolute Gasteiger partial charge is 0.248 e. The summed E-state index contributed by atoms with van der Waals surface area (Å²) in [6, 6.07) is 0.0226. The van der Waals surface area contributed by atoms with E-state index >= 15 is 0 Å². The van der Waals surface area contributed by atoms with Gasteiger partial charge >= 0.3 is 0 Å². The third-order valence-electron chi connectivity index (χ3n) is 4.61. The molecule has 0 saturated carbocycles. The maximum atomic E-state index is 12.7. The van der Waals surface area contributed by atoms with Crippen LogP contribution in [0.3, 0.4) is 0 Å². The van der Waals surface area contributed by atoms with Crippen molar-refractivity contribution in [3.8, 4) is 0 Å². The van der Waals surface area contributed by atoms with Crippen molar-refractivity contribution in [3.05, 3.63) is 23.6 Å². The number of aromatic nitrogens is 4. The molecule has 0 radical (unpaired) electrons. The van der Waals surface area contributed by atoms with E-state index in [2.05, 4.69) is 15.4 Å². The minimum atomic E-state index is -3.58. The van der Waals surface area contributed by atoms with Crippen molar-refractivity contribution in [1.82, 2.24) is 24.2 Å². The van der Waals surface area contributed by atoms with Gasteiger partial charge in [-0.3, -0.25) is 0 Å². The summed E-state index contributed by atoms with van der Waals surface area (Å²) in [6.45, 7) is 4.73. The van der Waals surface area contributed by atoms with Gasteiger partial charge in [0.2, 0.25) is 10.0 Å². The third kappa shape index (κ3) is 2.36. The number of sulfonamides is 1. The van der Waals surface area contributed by atoms with E-state index in [4.69, 9.17) is 9.26 Å². The Hall–Kier alpha value is -1.78. The van der Waals surface area contributed by atoms with Gasteiger partial charge in [0.1, 0.15) is 23.0 Å². The second-order valence-electron chi connectivity index (χ2n) is 6.23. The fraction of sp³-hybridized carbons (Fsp3) is 0.643. The normalized spacial score (nSPS) is 22.8. The highest BCUT2D eigenvalue weighted by Crippen LogP contribution is 2.34. The van der Waals surface area contributed by atoms with E-state index in [0.29, 0.717) is 24.5 Å². The van der Waals surface area contributed by atoms with Gasteiger partial charge in [-0.2, -0.15) is 4.31 Å². The summed E-state index contributed by atoms with van der Waals surface area (Å²) in [7, 11) is -3.58. The molecule has 0 amide bonds. The third-order valence-corrected chi connectivity index (χ3v) is 6.68. The van der Waals surface area contributed by atoms with Crippen LogP contribution in [0.4, 0.5) is 0 Å². The molecular formula is C14H19N5O4S. The minimum absolute atomic E-state index is 0.0226. The topological polar surface area (TPSA) is 103 Å². The number of hydrogen-bond acceptors (Lipinski definition) is 7. The fourth-order valence-electron chi connectivity index (χ4n) is 3.31. The molecule has 2 aliphatic rings. The molecule has 1 unspecified atom stereocenters. The first kappa shape index (κ1) is 15.7. The van der Waals surface area contributed by atoms with E-state index in [1.807, 2.05) is 4.57 Å². The lowest BCUT2D eigenvalue weighted by Gasteiger charge is -2.39. The molecule has 10 heteroatoms. The highest BCUT2D eigenvalue weighted by Gasteiger charge is 2.41. The molecule has 2 fully saturated rings. The Morgan fingerprint density at radius 3 is 2.71 bits per heavy atom. The predicted molar refractivity (Wildman–Crippen MR) is 81.7 cm³/mol. The number of rotatable bonds is 4. The van der Waals surface area contributed by atoms with Crippen molar-refractivity contribution in [2.45, 2.75) is 43.7 Å². The highest BCUT2D eigenvalue weighted by molar-refractivity contribution is 7.89. The lowest BCUT2D eigenvalue weighted by atomic mass is 10.1. The number of nitrogens with zero attached hydrogens (tertiary/aromatic N) is 5. The van der Waals surface area contributed by atoms with E-state index in [1.165, 1.54) is 4.31 Å². The van der Waals surface area contributed by atoms with Crippen LogP contribution < -0.4 is 0 Å². The lowest BCUT2D eigenvalue weighted by Crippen LogP contribution is -2.51. The first-order chi connectivity index (χ1) is 11.5. The van der Waals surface area contributed by atoms with Crippen LogP contribution in [0.1, 0.15) is 42.3 Å². The SMILES string of the molecule is Cc1noc(C)c1S(=O)(=O)N1CC(n2cnnc2C2CCCO2)C1. The summed E-state index contributed by atoms with van der Waals surface area (Å²) >= 11 is 0. The molecule has 0 aliphatic carbocycles. The summed E-state index contributed by atoms with van der Waals surface area (Å²) in [6.07, 6.45) is 3.55. The molecule has 9 nitrogen and oxygen atoms in total. The zero-order valence-corrected chi connectivity index (χ0v) is 14.4. The molecule has 4 heterocycles. The van der Waals surface area contributed by atoms with Gasteiger partial charge in [0, 0.05) is 19.7 Å². The summed E-state index contributed by atoms with van der Waals surface area (Å²) in [4.78, 5) is 0.170. The molecule has 4 rings (SSSR count). The van der Waals surface area contributed by atoms with Crippen molar-refractivity contribution in [3.63, 3.8) is 0 Å². The molecule has 0 N–H and O–H groups in total. The summed E-state index contributed by atoms with van der Waals surface area (Å²) in [5.41, 5.74) is 0.389. The summed E-state index contributed by atoms with van der Waals surface area (Å²) in [5, 5.41) is 11.9. The largest absolute Gasteiger partial charge is 0.370 e. The van der Waals surface area contributed by atoms with E-state index in [9.17, 15) is 8.42 Å². The van der Waals surface area contributed by atoms with Crippen LogP contribution in [0.5, 0.6) is 0 Å². The fourth-order valence-corrected chi connectivity index (χ4v) is 5.11. The predicted octanol–water partition coefficient (Wildman–Crippen LogP) is 0.980. The lowest BCUT2D eigenvalue weighted by molar-refractivity contribution is 0.0943. The minimum Gasteiger partial charge on any atom is -0.370 e. The van der Waals surface area contributed by atoms with Crippen LogP contribution in [0.25, 0.3) is 0 Å². The van der Waals surface area contributed by atoms with Gasteiger partial charge < -0.3 is 13.8 Å². The molecule has 0 bridgehead atoms. The Bertz CT molecular complexity index is 827. The average molecular weight is 353 g/mol. The van der Waals surface area contributed by atoms with E-state index in [0.717, 1.165) is 25.3 Å². The Balaban J connectivity index is 1.52. The van der Waals surface area contributed by atoms with Gasteiger partial charge in [-0.25, -0.2) is 8.42 Å². The molecule has 130 valence electrons. The van der Waals surface area contributed by atoms with Gasteiger partial charge in [0.15, 0.2) is 11.6 Å². The van der Waals surface area contributed by atoms with Crippen LogP contribution in [-0.4, -0.2) is 52.3 Å². The molecule has 2 aromatic rings. The van der Waals surface area contributed by atoms with Crippen LogP contribution in [0.2, 0.25) is 0 Å². The molecule has 2 aromatic heterocycles. The van der Waals surface area contributed by atoms with Crippen LogP contribution >= 0.6 is 0 Å². The van der Waals surface area contributed by atoms with E-state index in [-0.39, 0.29) is 17.0 Å². The molecule has 1 atom stereocenters. The molecule has 2 saturated heterocycles. The summed E-state index contributed by atoms with van der Waals surface area (Å²) in [5.74, 6) is 1.10. The highest BCUT2D eigenvalue weighted by atomic mass is 32.2. The molecular weight excluding hydrogens is 334 g/mol. The number of ether oxygens (including phenoxy) is 1. The van der Waals surface area contributed by atoms with Crippen molar-refractivity contribution < 1.29 is 17.7 Å². The molecule has 2 aliphatic heterocycles. The monoisotopic (exact) mass is 353 g/mol. The standard InChI is InChI=1S/C14H19N5O4S/c1-9-13(10(2)23-17-9)24(20,21)18-6-11(7-18)19-8-15-16-14(19)12-4-3-5-22-12/h8,11-12H,3-7H2,1-2H3. The van der Waals surface area contributed by atoms with Gasteiger partial charge in [-0.15, -0.1) is 10.2 Å². The van der Waals surface area contributed by atoms with Gasteiger partial charge in [0.05, 0.1) is 6.04 Å². The van der Waals surface area contributed by atoms with Gasteiger partial charge in [-0.1, -0.05) is 5.16 Å². The zero-order chi connectivity index (χ0) is 16.9. The van der Waals surface area contributed by atoms with Crippen LogP contribution in [0.15, 0.2) is 15.7 Å². The maximum Gasteiger partial charge on any atom is 0.248 e. The van der Waals surface area contributed by atoms with Crippen molar-refractivity contribution in [1.29, 1.82) is 0 Å². The number of hydrogen-bond donors (Lipinski definition) is 0. The Morgan fingerprint density at radius 1 is 1.29 bits per heavy atom. The quantitative estimate of drug-likeness (QED) is 0.807. The second kappa shape index (κ2) is 5.64. The van der Waals surface area contributed by atoms with E-state index in [1.54, 1.807) is 20.2 Å². The number of aryl methyl sites for hydroxylation is 2. The summed E-state index contributed by atoms with van der Waals surface area (Å²) < 4.78 is 39.5. The van der Waals surface area contributed by atoms with E-state index < -0.39 is 10.0 Å². The van der Waals surface area contributed by atoms with Crippen LogP contribution in [-0.2, 0) is 14.8 Å². The molecule has 24 heavy (non-hydrogen) atoms. The van der Waals surface area contributed by atoms with Crippen molar-refractivity contribution in [2.75, 3.05) is 19.7 Å². The Labute approximate surface area is 139 Å². The second-order valence-corrected chi connectivity index (χ2v) is 8.10. The molecule has 0 spiro atoms. The average Bonchev–Trinajstić information content (AvgIpc) is 3.17. The first-order valence-corrected chi connectivity index (χ1v) is 9.36.